The van der Waals surface area contributed by atoms with E-state index < -0.39 is 0 Å². The highest BCUT2D eigenvalue weighted by atomic mass is 14.2. The Morgan fingerprint density at radius 2 is 1.86 bits per heavy atom. The van der Waals surface area contributed by atoms with E-state index in [9.17, 15) is 0 Å². The van der Waals surface area contributed by atoms with Crippen molar-refractivity contribution in [2.75, 3.05) is 0 Å². The quantitative estimate of drug-likeness (QED) is 0.534. The third kappa shape index (κ3) is 4.20. The monoisotopic (exact) mass is 287 g/mol. The van der Waals surface area contributed by atoms with Crippen LogP contribution in [-0.2, 0) is 19.3 Å². The molecule has 1 nitrogen and oxygen atoms in total. The first-order chi connectivity index (χ1) is 10.7. The van der Waals surface area contributed by atoms with Crippen molar-refractivity contribution in [1.82, 2.24) is 0 Å². The lowest BCUT2D eigenvalue weighted by Gasteiger charge is -2.12. The summed E-state index contributed by atoms with van der Waals surface area (Å²) in [6, 6.07) is 19.0. The molecule has 0 fully saturated rings. The highest BCUT2D eigenvalue weighted by Gasteiger charge is 2.06. The van der Waals surface area contributed by atoms with Gasteiger partial charge in [-0.2, -0.15) is 5.26 Å². The van der Waals surface area contributed by atoms with Crippen LogP contribution >= 0.6 is 0 Å². The number of benzene rings is 2. The molecule has 2 rings (SSSR count). The minimum absolute atomic E-state index is 0.482. The fraction of sp³-hybridized carbons (Fsp3) is 0.190. The number of hydrogen-bond acceptors (Lipinski definition) is 1. The van der Waals surface area contributed by atoms with Gasteiger partial charge in [-0.1, -0.05) is 68.1 Å². The molecule has 0 radical (unpaired) electrons. The summed E-state index contributed by atoms with van der Waals surface area (Å²) in [5, 5.41) is 8.83. The third-order valence-electron chi connectivity index (χ3n) is 3.80. The summed E-state index contributed by atoms with van der Waals surface area (Å²) < 4.78 is 0. The minimum Gasteiger partial charge on any atom is -0.192 e. The average Bonchev–Trinajstić information content (AvgIpc) is 2.58. The van der Waals surface area contributed by atoms with E-state index in [-0.39, 0.29) is 0 Å². The third-order valence-corrected chi connectivity index (χ3v) is 3.80. The molecule has 2 aromatic rings. The number of rotatable bonds is 6. The van der Waals surface area contributed by atoms with Crippen molar-refractivity contribution in [2.24, 2.45) is 0 Å². The fourth-order valence-corrected chi connectivity index (χ4v) is 2.59. The number of nitriles is 1. The predicted molar refractivity (Wildman–Crippen MR) is 93.5 cm³/mol. The topological polar surface area (TPSA) is 23.8 Å². The maximum Gasteiger partial charge on any atom is 0.0985 e. The molecule has 0 heterocycles. The van der Waals surface area contributed by atoms with Gasteiger partial charge in [0.1, 0.15) is 0 Å². The second-order valence-corrected chi connectivity index (χ2v) is 5.29. The molecule has 0 aliphatic carbocycles. The van der Waals surface area contributed by atoms with Gasteiger partial charge in [0.15, 0.2) is 0 Å². The van der Waals surface area contributed by atoms with E-state index >= 15 is 0 Å². The van der Waals surface area contributed by atoms with E-state index in [1.807, 2.05) is 12.1 Å². The Kier molecular flexibility index (Phi) is 5.74. The fourth-order valence-electron chi connectivity index (χ4n) is 2.59. The van der Waals surface area contributed by atoms with Crippen LogP contribution in [0.3, 0.4) is 0 Å². The highest BCUT2D eigenvalue weighted by molar-refractivity contribution is 5.60. The van der Waals surface area contributed by atoms with Gasteiger partial charge in [0.05, 0.1) is 6.07 Å². The number of allylic oxidation sites excluding steroid dienone is 2. The maximum atomic E-state index is 8.83. The first-order valence-electron chi connectivity index (χ1n) is 7.66. The summed E-state index contributed by atoms with van der Waals surface area (Å²) >= 11 is 0. The molecule has 0 spiro atoms. The summed E-state index contributed by atoms with van der Waals surface area (Å²) in [6.45, 7) is 5.89. The smallest absolute Gasteiger partial charge is 0.0985 e. The van der Waals surface area contributed by atoms with Crippen molar-refractivity contribution >= 4 is 6.08 Å². The largest absolute Gasteiger partial charge is 0.192 e. The van der Waals surface area contributed by atoms with Crippen molar-refractivity contribution in [1.29, 1.82) is 5.26 Å². The molecule has 0 aliphatic heterocycles. The van der Waals surface area contributed by atoms with E-state index in [0.29, 0.717) is 5.57 Å². The van der Waals surface area contributed by atoms with Crippen molar-refractivity contribution in [2.45, 2.75) is 26.2 Å². The first-order valence-corrected chi connectivity index (χ1v) is 7.66. The van der Waals surface area contributed by atoms with E-state index in [1.165, 1.54) is 22.3 Å². The second-order valence-electron chi connectivity index (χ2n) is 5.29. The standard InChI is InChI=1S/C21H21N/c1-3-19-10-7-11-20(14-12-17(2)16-22)21(19)15-13-18-8-5-4-6-9-18/h4-12,14H,2-3,13,15H2,1H3/b14-12+. The van der Waals surface area contributed by atoms with Gasteiger partial charge < -0.3 is 0 Å². The second kappa shape index (κ2) is 8.00. The van der Waals surface area contributed by atoms with E-state index in [1.54, 1.807) is 6.08 Å². The Balaban J connectivity index is 2.25. The average molecular weight is 287 g/mol. The Bertz CT molecular complexity index is 702. The molecule has 0 N–H and O–H groups in total. The molecular formula is C21H21N. The SMILES string of the molecule is C=C(C#N)/C=C/c1cccc(CC)c1CCc1ccccc1. The minimum atomic E-state index is 0.482. The van der Waals surface area contributed by atoms with Gasteiger partial charge in [0.25, 0.3) is 0 Å². The van der Waals surface area contributed by atoms with Crippen LogP contribution in [0.25, 0.3) is 6.08 Å². The zero-order valence-corrected chi connectivity index (χ0v) is 13.0. The molecule has 0 amide bonds. The number of hydrogen-bond donors (Lipinski definition) is 0. The van der Waals surface area contributed by atoms with Gasteiger partial charge in [0.2, 0.25) is 0 Å². The van der Waals surface area contributed by atoms with Crippen molar-refractivity contribution < 1.29 is 0 Å². The van der Waals surface area contributed by atoms with Crippen LogP contribution in [0.1, 0.15) is 29.2 Å². The van der Waals surface area contributed by atoms with Gasteiger partial charge >= 0.3 is 0 Å². The molecule has 0 atom stereocenters. The summed E-state index contributed by atoms with van der Waals surface area (Å²) in [6.07, 6.45) is 6.85. The Labute approximate surface area is 133 Å². The molecule has 2 aromatic carbocycles. The van der Waals surface area contributed by atoms with E-state index in [4.69, 9.17) is 5.26 Å². The number of aryl methyl sites for hydroxylation is 2. The van der Waals surface area contributed by atoms with Crippen LogP contribution in [0.2, 0.25) is 0 Å². The van der Waals surface area contributed by atoms with Crippen molar-refractivity contribution in [3.05, 3.63) is 89.0 Å². The molecule has 110 valence electrons. The molecule has 22 heavy (non-hydrogen) atoms. The van der Waals surface area contributed by atoms with Crippen LogP contribution in [0, 0.1) is 11.3 Å². The maximum absolute atomic E-state index is 8.83. The lowest BCUT2D eigenvalue weighted by molar-refractivity contribution is 0.928. The van der Waals surface area contributed by atoms with Crippen molar-refractivity contribution in [3.8, 4) is 6.07 Å². The molecule has 0 unspecified atom stereocenters. The number of nitrogens with zero attached hydrogens (tertiary/aromatic N) is 1. The molecule has 0 saturated heterocycles. The van der Waals surface area contributed by atoms with E-state index in [2.05, 4.69) is 62.0 Å². The summed E-state index contributed by atoms with van der Waals surface area (Å²) in [5.41, 5.74) is 5.77. The summed E-state index contributed by atoms with van der Waals surface area (Å²) in [7, 11) is 0. The zero-order valence-electron chi connectivity index (χ0n) is 13.0. The lowest BCUT2D eigenvalue weighted by Crippen LogP contribution is -1.99. The summed E-state index contributed by atoms with van der Waals surface area (Å²) in [4.78, 5) is 0. The highest BCUT2D eigenvalue weighted by Crippen LogP contribution is 2.20. The summed E-state index contributed by atoms with van der Waals surface area (Å²) in [5.74, 6) is 0. The molecule has 0 saturated carbocycles. The van der Waals surface area contributed by atoms with Gasteiger partial charge in [-0.25, -0.2) is 0 Å². The first kappa shape index (κ1) is 15.8. The molecule has 0 bridgehead atoms. The van der Waals surface area contributed by atoms with Crippen LogP contribution in [0.5, 0.6) is 0 Å². The van der Waals surface area contributed by atoms with Crippen LogP contribution in [0.15, 0.2) is 66.8 Å². The van der Waals surface area contributed by atoms with Gasteiger partial charge in [-0.15, -0.1) is 0 Å². The van der Waals surface area contributed by atoms with Crippen LogP contribution < -0.4 is 0 Å². The lowest BCUT2D eigenvalue weighted by atomic mass is 9.93. The van der Waals surface area contributed by atoms with Gasteiger partial charge in [-0.3, -0.25) is 0 Å². The van der Waals surface area contributed by atoms with Gasteiger partial charge in [0, 0.05) is 5.57 Å². The van der Waals surface area contributed by atoms with Crippen LogP contribution in [-0.4, -0.2) is 0 Å². The van der Waals surface area contributed by atoms with Crippen LogP contribution in [0.4, 0.5) is 0 Å². The Hall–Kier alpha value is -2.59. The molecular weight excluding hydrogens is 266 g/mol. The predicted octanol–water partition coefficient (Wildman–Crippen LogP) is 5.13. The van der Waals surface area contributed by atoms with Gasteiger partial charge in [-0.05, 0) is 47.6 Å². The Morgan fingerprint density at radius 3 is 2.55 bits per heavy atom. The zero-order chi connectivity index (χ0) is 15.8. The molecule has 0 aromatic heterocycles. The molecule has 1 heteroatoms. The normalized spacial score (nSPS) is 10.5. The Morgan fingerprint density at radius 1 is 1.09 bits per heavy atom. The molecule has 0 aliphatic rings. The van der Waals surface area contributed by atoms with Crippen molar-refractivity contribution in [3.63, 3.8) is 0 Å². The van der Waals surface area contributed by atoms with E-state index in [0.717, 1.165) is 19.3 Å².